The largest absolute Gasteiger partial charge is 0.0882 e. The molecular weight excluding hydrogens is 108 g/mol. The van der Waals surface area contributed by atoms with E-state index in [1.807, 2.05) is 0 Å². The summed E-state index contributed by atoms with van der Waals surface area (Å²) in [6.07, 6.45) is 12.1. The van der Waals surface area contributed by atoms with Crippen LogP contribution in [0, 0.1) is 11.8 Å². The number of hydrogen-bond donors (Lipinski definition) is 0. The Morgan fingerprint density at radius 1 is 1.11 bits per heavy atom. The van der Waals surface area contributed by atoms with E-state index in [1.54, 1.807) is 0 Å². The lowest BCUT2D eigenvalue weighted by Gasteiger charge is -2.30. The van der Waals surface area contributed by atoms with Crippen LogP contribution in [-0.2, 0) is 0 Å². The van der Waals surface area contributed by atoms with Crippen LogP contribution in [-0.4, -0.2) is 0 Å². The molecular formula is C9H14. The molecule has 0 aromatic rings. The predicted molar refractivity (Wildman–Crippen MR) is 39.2 cm³/mol. The van der Waals surface area contributed by atoms with Gasteiger partial charge >= 0.3 is 0 Å². The van der Waals surface area contributed by atoms with Gasteiger partial charge in [0.25, 0.3) is 0 Å². The molecule has 0 N–H and O–H groups in total. The molecule has 0 aliphatic heterocycles. The Hall–Kier alpha value is -0.260. The maximum absolute atomic E-state index is 2.43. The van der Waals surface area contributed by atoms with Crippen molar-refractivity contribution in [1.82, 2.24) is 0 Å². The van der Waals surface area contributed by atoms with Crippen molar-refractivity contribution in [3.8, 4) is 0 Å². The van der Waals surface area contributed by atoms with Gasteiger partial charge in [-0.2, -0.15) is 0 Å². The van der Waals surface area contributed by atoms with Crippen molar-refractivity contribution in [1.29, 1.82) is 0 Å². The summed E-state index contributed by atoms with van der Waals surface area (Å²) in [6.45, 7) is 0. The minimum absolute atomic E-state index is 0.985. The van der Waals surface area contributed by atoms with Crippen LogP contribution < -0.4 is 0 Å². The summed E-state index contributed by atoms with van der Waals surface area (Å²) in [6, 6.07) is 0. The number of hydrogen-bond acceptors (Lipinski definition) is 0. The second-order valence-electron chi connectivity index (χ2n) is 3.36. The summed E-state index contributed by atoms with van der Waals surface area (Å²) in [4.78, 5) is 0. The molecule has 0 nitrogen and oxygen atoms in total. The van der Waals surface area contributed by atoms with Crippen LogP contribution >= 0.6 is 0 Å². The standard InChI is InChI=1S/C9H14/c1-2-5-8(4-1)9-6-3-7-9/h1,4,8-9H,2-3,5-7H2/t8-/m0/s1. The first-order chi connectivity index (χ1) is 4.47. The third kappa shape index (κ3) is 0.910. The average molecular weight is 122 g/mol. The van der Waals surface area contributed by atoms with Gasteiger partial charge in [-0.3, -0.25) is 0 Å². The van der Waals surface area contributed by atoms with E-state index in [9.17, 15) is 0 Å². The molecule has 1 atom stereocenters. The van der Waals surface area contributed by atoms with E-state index in [0.29, 0.717) is 0 Å². The lowest BCUT2D eigenvalue weighted by molar-refractivity contribution is 0.240. The van der Waals surface area contributed by atoms with Gasteiger partial charge in [-0.15, -0.1) is 0 Å². The van der Waals surface area contributed by atoms with E-state index in [1.165, 1.54) is 32.1 Å². The zero-order valence-electron chi connectivity index (χ0n) is 5.84. The van der Waals surface area contributed by atoms with E-state index in [-0.39, 0.29) is 0 Å². The first-order valence-corrected chi connectivity index (χ1v) is 4.13. The summed E-state index contributed by atoms with van der Waals surface area (Å²) in [5, 5.41) is 0. The topological polar surface area (TPSA) is 0 Å². The molecule has 2 aliphatic rings. The first kappa shape index (κ1) is 5.52. The number of allylic oxidation sites excluding steroid dienone is 2. The van der Waals surface area contributed by atoms with Gasteiger partial charge in [-0.25, -0.2) is 0 Å². The smallest absolute Gasteiger partial charge is 0.0202 e. The van der Waals surface area contributed by atoms with Crippen LogP contribution in [0.25, 0.3) is 0 Å². The van der Waals surface area contributed by atoms with Crippen LogP contribution in [0.5, 0.6) is 0 Å². The fraction of sp³-hybridized carbons (Fsp3) is 0.778. The zero-order chi connectivity index (χ0) is 6.10. The Bertz CT molecular complexity index is 120. The summed E-state index contributed by atoms with van der Waals surface area (Å²) >= 11 is 0. The lowest BCUT2D eigenvalue weighted by atomic mass is 9.76. The Kier molecular flexibility index (Phi) is 1.33. The van der Waals surface area contributed by atoms with Crippen molar-refractivity contribution >= 4 is 0 Å². The van der Waals surface area contributed by atoms with Crippen molar-refractivity contribution in [3.05, 3.63) is 12.2 Å². The molecule has 2 aliphatic carbocycles. The van der Waals surface area contributed by atoms with Gasteiger partial charge in [-0.05, 0) is 37.5 Å². The second-order valence-corrected chi connectivity index (χ2v) is 3.36. The molecule has 1 fully saturated rings. The van der Waals surface area contributed by atoms with Gasteiger partial charge in [0, 0.05) is 0 Å². The maximum Gasteiger partial charge on any atom is -0.0202 e. The fourth-order valence-electron chi connectivity index (χ4n) is 1.92. The molecule has 0 unspecified atom stereocenters. The Labute approximate surface area is 57.0 Å². The molecule has 2 rings (SSSR count). The highest BCUT2D eigenvalue weighted by atomic mass is 14.3. The van der Waals surface area contributed by atoms with Gasteiger partial charge < -0.3 is 0 Å². The molecule has 0 radical (unpaired) electrons. The molecule has 9 heavy (non-hydrogen) atoms. The van der Waals surface area contributed by atoms with Crippen LogP contribution in [0.3, 0.4) is 0 Å². The van der Waals surface area contributed by atoms with Crippen LogP contribution in [0.2, 0.25) is 0 Å². The van der Waals surface area contributed by atoms with Crippen molar-refractivity contribution in [2.24, 2.45) is 11.8 Å². The molecule has 50 valence electrons. The second kappa shape index (κ2) is 2.17. The van der Waals surface area contributed by atoms with Gasteiger partial charge in [0.15, 0.2) is 0 Å². The van der Waals surface area contributed by atoms with Gasteiger partial charge in [0.2, 0.25) is 0 Å². The van der Waals surface area contributed by atoms with Gasteiger partial charge in [0.05, 0.1) is 0 Å². The van der Waals surface area contributed by atoms with Crippen molar-refractivity contribution in [3.63, 3.8) is 0 Å². The zero-order valence-corrected chi connectivity index (χ0v) is 5.84. The SMILES string of the molecule is C1=C[C@H](C2CCC2)CC1. The third-order valence-corrected chi connectivity index (χ3v) is 2.81. The highest BCUT2D eigenvalue weighted by Gasteiger charge is 2.26. The molecule has 0 heterocycles. The molecule has 0 saturated heterocycles. The van der Waals surface area contributed by atoms with Crippen molar-refractivity contribution in [2.75, 3.05) is 0 Å². The highest BCUT2D eigenvalue weighted by molar-refractivity contribution is 5.00. The minimum atomic E-state index is 0.985. The van der Waals surface area contributed by atoms with E-state index in [0.717, 1.165) is 11.8 Å². The lowest BCUT2D eigenvalue weighted by Crippen LogP contribution is -2.18. The molecule has 0 amide bonds. The van der Waals surface area contributed by atoms with E-state index >= 15 is 0 Å². The van der Waals surface area contributed by atoms with E-state index < -0.39 is 0 Å². The maximum atomic E-state index is 2.43. The third-order valence-electron chi connectivity index (χ3n) is 2.81. The quantitative estimate of drug-likeness (QED) is 0.469. The normalized spacial score (nSPS) is 34.9. The van der Waals surface area contributed by atoms with Gasteiger partial charge in [-0.1, -0.05) is 18.6 Å². The van der Waals surface area contributed by atoms with Crippen LogP contribution in [0.15, 0.2) is 12.2 Å². The van der Waals surface area contributed by atoms with Crippen LogP contribution in [0.1, 0.15) is 32.1 Å². The Balaban J connectivity index is 1.89. The van der Waals surface area contributed by atoms with Crippen molar-refractivity contribution < 1.29 is 0 Å². The summed E-state index contributed by atoms with van der Waals surface area (Å²) in [5.74, 6) is 2.07. The highest BCUT2D eigenvalue weighted by Crippen LogP contribution is 2.38. The average Bonchev–Trinajstić information content (AvgIpc) is 2.11. The molecule has 0 aromatic carbocycles. The van der Waals surface area contributed by atoms with Gasteiger partial charge in [0.1, 0.15) is 0 Å². The fourth-order valence-corrected chi connectivity index (χ4v) is 1.92. The molecule has 0 bridgehead atoms. The Morgan fingerprint density at radius 2 is 2.00 bits per heavy atom. The summed E-state index contributed by atoms with van der Waals surface area (Å²) in [5.41, 5.74) is 0. The summed E-state index contributed by atoms with van der Waals surface area (Å²) in [7, 11) is 0. The molecule has 0 heteroatoms. The summed E-state index contributed by atoms with van der Waals surface area (Å²) < 4.78 is 0. The predicted octanol–water partition coefficient (Wildman–Crippen LogP) is 2.75. The molecule has 0 spiro atoms. The van der Waals surface area contributed by atoms with Crippen molar-refractivity contribution in [2.45, 2.75) is 32.1 Å². The monoisotopic (exact) mass is 122 g/mol. The number of rotatable bonds is 1. The first-order valence-electron chi connectivity index (χ1n) is 4.13. The van der Waals surface area contributed by atoms with E-state index in [4.69, 9.17) is 0 Å². The molecule has 0 aromatic heterocycles. The minimum Gasteiger partial charge on any atom is -0.0882 e. The molecule has 1 saturated carbocycles. The Morgan fingerprint density at radius 3 is 2.44 bits per heavy atom. The van der Waals surface area contributed by atoms with E-state index in [2.05, 4.69) is 12.2 Å². The van der Waals surface area contributed by atoms with Crippen LogP contribution in [0.4, 0.5) is 0 Å².